The first-order valence-electron chi connectivity index (χ1n) is 23.1. The Morgan fingerprint density at radius 3 is 1.37 bits per heavy atom. The molecule has 4 unspecified atom stereocenters. The third kappa shape index (κ3) is 6.95. The maximum absolute atomic E-state index is 9.55. The summed E-state index contributed by atoms with van der Waals surface area (Å²) in [4.78, 5) is 0. The number of hydrogen-bond donors (Lipinski definition) is 0. The molecule has 6 aromatic rings. The molecule has 2 aliphatic carbocycles. The van der Waals surface area contributed by atoms with Gasteiger partial charge in [0.15, 0.2) is 0 Å². The Labute approximate surface area is 385 Å². The Balaban J connectivity index is 1.40. The molecule has 6 heteroatoms. The fourth-order valence-electron chi connectivity index (χ4n) is 11.7. The van der Waals surface area contributed by atoms with Crippen molar-refractivity contribution >= 4 is 79.0 Å². The molecular weight excluding hydrogens is 1010 g/mol. The van der Waals surface area contributed by atoms with Crippen molar-refractivity contribution in [1.82, 2.24) is 0 Å². The summed E-state index contributed by atoms with van der Waals surface area (Å²) in [6.45, 7) is 24.4. The molecule has 0 aromatic heterocycles. The molecule has 0 fully saturated rings. The molecule has 6 aromatic carbocycles. The van der Waals surface area contributed by atoms with Gasteiger partial charge in [-0.25, -0.2) is 0 Å². The average Bonchev–Trinajstić information content (AvgIpc) is 3.98. The number of fused-ring (bicyclic) bond motifs is 5. The second-order valence-corrected chi connectivity index (χ2v) is 62.0. The van der Waals surface area contributed by atoms with Gasteiger partial charge in [-0.1, -0.05) is 0 Å². The fourth-order valence-corrected chi connectivity index (χ4v) is 54.0. The molecule has 0 saturated heterocycles. The van der Waals surface area contributed by atoms with Crippen LogP contribution in [-0.2, 0) is 16.1 Å². The summed E-state index contributed by atoms with van der Waals surface area (Å²) in [5.74, 6) is 0.608. The second kappa shape index (κ2) is 16.1. The number of halogens is 2. The van der Waals surface area contributed by atoms with E-state index in [2.05, 4.69) is 207 Å². The molecule has 0 radical (unpaired) electrons. The van der Waals surface area contributed by atoms with Crippen molar-refractivity contribution in [2.24, 2.45) is 11.8 Å². The van der Waals surface area contributed by atoms with Crippen LogP contribution in [0.15, 0.2) is 139 Å². The van der Waals surface area contributed by atoms with Gasteiger partial charge in [0.2, 0.25) is 0 Å². The molecule has 9 rings (SSSR count). The molecule has 0 nitrogen and oxygen atoms in total. The van der Waals surface area contributed by atoms with Gasteiger partial charge < -0.3 is 0 Å². The van der Waals surface area contributed by atoms with Gasteiger partial charge in [0.05, 0.1) is 0 Å². The van der Waals surface area contributed by atoms with E-state index in [1.54, 1.807) is 0 Å². The predicted molar refractivity (Wildman–Crippen MR) is 281 cm³/mol. The number of allylic oxidation sites excluding steroid dienone is 2. The summed E-state index contributed by atoms with van der Waals surface area (Å²) in [5, 5.41) is 6.00. The Morgan fingerprint density at radius 1 is 0.500 bits per heavy atom. The first-order chi connectivity index (χ1) is 29.5. The van der Waals surface area contributed by atoms with E-state index in [-0.39, 0.29) is 7.35 Å². The Kier molecular flexibility index (Phi) is 11.5. The molecule has 0 spiro atoms. The molecular formula is C56H63Cl2HfSi3. The summed E-state index contributed by atoms with van der Waals surface area (Å²) < 4.78 is 1.14. The first-order valence-corrected chi connectivity index (χ1v) is 46.4. The van der Waals surface area contributed by atoms with E-state index in [1.807, 2.05) is 0 Å². The molecule has 1 aliphatic heterocycles. The van der Waals surface area contributed by atoms with E-state index < -0.39 is 41.8 Å². The van der Waals surface area contributed by atoms with Crippen LogP contribution < -0.4 is 24.1 Å². The Hall–Kier alpha value is -3.10. The van der Waals surface area contributed by atoms with Crippen molar-refractivity contribution < 1.29 is 16.1 Å². The first kappa shape index (κ1) is 44.1. The van der Waals surface area contributed by atoms with Gasteiger partial charge in [-0.05, 0) is 0 Å². The van der Waals surface area contributed by atoms with Crippen LogP contribution in [0.2, 0.25) is 39.3 Å². The van der Waals surface area contributed by atoms with Crippen molar-refractivity contribution in [3.63, 3.8) is 0 Å². The molecule has 1 heterocycles. The third-order valence-electron chi connectivity index (χ3n) is 15.0. The standard InChI is InChI=1S/2C22H27Si.C12H9Si.2ClH.Hf/c2*1-6-16(2)18-14-17-10-9-12-19(21(17)15-18)20-11-7-8-13-22(20)23(3,4)5;1-3-7-11-9(5-1)10-6-2-4-8-12(10)13-11;;;/h2*7-16H,6H2,1-5H3;1-7H,13H2;2*1H;/q;;;;;+2/p-2. The molecule has 4 atom stereocenters. The zero-order chi connectivity index (χ0) is 44.0. The second-order valence-electron chi connectivity index (χ2n) is 20.8. The quantitative estimate of drug-likeness (QED) is 0.113. The molecule has 317 valence electrons. The maximum atomic E-state index is 9.55. The van der Waals surface area contributed by atoms with Gasteiger partial charge in [0, 0.05) is 0 Å². The molecule has 62 heavy (non-hydrogen) atoms. The molecule has 0 bridgehead atoms. The fraction of sp³-hybridized carbons (Fsp3) is 0.286. The zero-order valence-corrected chi connectivity index (χ0v) is 47.0. The van der Waals surface area contributed by atoms with E-state index in [0.717, 1.165) is 12.8 Å². The minimum absolute atomic E-state index is 0.0928. The summed E-state index contributed by atoms with van der Waals surface area (Å²) in [5.41, 5.74) is 16.4. The summed E-state index contributed by atoms with van der Waals surface area (Å²) >= 11 is -5.91. The summed E-state index contributed by atoms with van der Waals surface area (Å²) in [6, 6.07) is 48.9. The average molecular weight is 1070 g/mol. The van der Waals surface area contributed by atoms with Crippen LogP contribution in [0.5, 0.6) is 0 Å². The van der Waals surface area contributed by atoms with E-state index >= 15 is 0 Å². The van der Waals surface area contributed by atoms with E-state index in [9.17, 15) is 17.2 Å². The number of rotatable bonds is 11. The van der Waals surface area contributed by atoms with Crippen molar-refractivity contribution in [3.05, 3.63) is 161 Å². The van der Waals surface area contributed by atoms with E-state index in [4.69, 9.17) is 0 Å². The molecule has 0 N–H and O–H groups in total. The van der Waals surface area contributed by atoms with Crippen molar-refractivity contribution in [3.8, 4) is 33.4 Å². The summed E-state index contributed by atoms with van der Waals surface area (Å²) in [7, 11) is 14.8. The van der Waals surface area contributed by atoms with Gasteiger partial charge in [0.25, 0.3) is 0 Å². The number of benzene rings is 6. The predicted octanol–water partition coefficient (Wildman–Crippen LogP) is 13.2. The van der Waals surface area contributed by atoms with Gasteiger partial charge in [-0.15, -0.1) is 0 Å². The van der Waals surface area contributed by atoms with Crippen LogP contribution in [0.4, 0.5) is 0 Å². The minimum atomic E-state index is -5.91. The Bertz CT molecular complexity index is 2680. The third-order valence-corrected chi connectivity index (χ3v) is 50.6. The van der Waals surface area contributed by atoms with Gasteiger partial charge in [-0.2, -0.15) is 0 Å². The van der Waals surface area contributed by atoms with Crippen LogP contribution >= 0.6 is 17.2 Å². The molecule has 0 amide bonds. The van der Waals surface area contributed by atoms with Crippen molar-refractivity contribution in [1.29, 1.82) is 0 Å². The molecule has 3 aliphatic rings. The van der Waals surface area contributed by atoms with Crippen LogP contribution in [0.3, 0.4) is 0 Å². The van der Waals surface area contributed by atoms with Crippen LogP contribution in [0.25, 0.3) is 45.5 Å². The molecule has 0 saturated carbocycles. The zero-order valence-electron chi connectivity index (χ0n) is 38.5. The van der Waals surface area contributed by atoms with Gasteiger partial charge in [0.1, 0.15) is 0 Å². The van der Waals surface area contributed by atoms with E-state index in [0.29, 0.717) is 11.8 Å². The van der Waals surface area contributed by atoms with Gasteiger partial charge >= 0.3 is 388 Å². The van der Waals surface area contributed by atoms with E-state index in [1.165, 1.54) is 90.8 Å². The Morgan fingerprint density at radius 2 is 0.903 bits per heavy atom. The monoisotopic (exact) mass is 1070 g/mol. The summed E-state index contributed by atoms with van der Waals surface area (Å²) in [6.07, 6.45) is 7.22. The normalized spacial score (nSPS) is 18.9. The van der Waals surface area contributed by atoms with Gasteiger partial charge in [-0.3, -0.25) is 0 Å². The topological polar surface area (TPSA) is 0 Å². The van der Waals surface area contributed by atoms with Crippen molar-refractivity contribution in [2.45, 2.75) is 87.2 Å². The van der Waals surface area contributed by atoms with Crippen LogP contribution in [0, 0.1) is 11.8 Å². The van der Waals surface area contributed by atoms with Crippen LogP contribution in [0.1, 0.15) is 70.1 Å². The van der Waals surface area contributed by atoms with Crippen molar-refractivity contribution in [2.75, 3.05) is 0 Å². The SMILES string of the molecule is CCC(C)C1=Cc2c(-c3ccccc3[Si](C)(C)C)cccc2[CH]1[Hf]([Cl])([Cl])([c]1cccc2c1[SiH2]c1ccccc1-2)[CH]1C(C(C)CC)=Cc2c(-c3ccccc3[Si](C)(C)C)cccc21. The number of hydrogen-bond acceptors (Lipinski definition) is 0. The van der Waals surface area contributed by atoms with Crippen LogP contribution in [-0.4, -0.2) is 25.7 Å².